The Balaban J connectivity index is 1.77. The van der Waals surface area contributed by atoms with Crippen molar-refractivity contribution >= 4 is 11.6 Å². The van der Waals surface area contributed by atoms with Gasteiger partial charge in [0, 0.05) is 18.5 Å². The average molecular weight is 258 g/mol. The minimum absolute atomic E-state index is 0.423. The van der Waals surface area contributed by atoms with Crippen LogP contribution in [-0.2, 0) is 0 Å². The highest BCUT2D eigenvalue weighted by atomic mass is 35.5. The fourth-order valence-corrected chi connectivity index (χ4v) is 3.87. The van der Waals surface area contributed by atoms with Gasteiger partial charge in [0.1, 0.15) is 0 Å². The van der Waals surface area contributed by atoms with Crippen LogP contribution in [0.3, 0.4) is 0 Å². The summed E-state index contributed by atoms with van der Waals surface area (Å²) in [5.41, 5.74) is 0.423. The van der Waals surface area contributed by atoms with Gasteiger partial charge in [0.05, 0.1) is 0 Å². The van der Waals surface area contributed by atoms with Gasteiger partial charge in [0.2, 0.25) is 0 Å². The van der Waals surface area contributed by atoms with Crippen LogP contribution in [0.25, 0.3) is 0 Å². The van der Waals surface area contributed by atoms with Crippen molar-refractivity contribution in [3.05, 3.63) is 0 Å². The topological polar surface area (TPSA) is 12.0 Å². The standard InChI is InChI=1S/C15H28ClN/c16-12-15(10-6-3-7-11-15)13-17-14-8-4-1-2-5-9-14/h14,17H,1-13H2. The van der Waals surface area contributed by atoms with E-state index in [2.05, 4.69) is 5.32 Å². The van der Waals surface area contributed by atoms with E-state index in [0.29, 0.717) is 5.41 Å². The number of nitrogens with one attached hydrogen (secondary N) is 1. The average Bonchev–Trinajstić information content (AvgIpc) is 2.66. The molecule has 0 amide bonds. The number of halogens is 1. The van der Waals surface area contributed by atoms with Gasteiger partial charge in [-0.2, -0.15) is 0 Å². The Kier molecular flexibility index (Phi) is 5.62. The maximum Gasteiger partial charge on any atom is 0.0292 e. The van der Waals surface area contributed by atoms with Crippen LogP contribution in [0.2, 0.25) is 0 Å². The summed E-state index contributed by atoms with van der Waals surface area (Å²) in [6.07, 6.45) is 15.4. The molecule has 2 aliphatic rings. The van der Waals surface area contributed by atoms with Crippen molar-refractivity contribution in [1.82, 2.24) is 5.32 Å². The zero-order valence-corrected chi connectivity index (χ0v) is 11.9. The molecule has 0 aliphatic heterocycles. The van der Waals surface area contributed by atoms with Crippen LogP contribution in [0.15, 0.2) is 0 Å². The molecule has 2 aliphatic carbocycles. The third kappa shape index (κ3) is 4.13. The molecule has 100 valence electrons. The Morgan fingerprint density at radius 1 is 0.882 bits per heavy atom. The van der Waals surface area contributed by atoms with Gasteiger partial charge in [-0.1, -0.05) is 44.9 Å². The molecule has 0 bridgehead atoms. The molecule has 2 fully saturated rings. The number of hydrogen-bond acceptors (Lipinski definition) is 1. The maximum atomic E-state index is 6.25. The van der Waals surface area contributed by atoms with E-state index in [1.165, 1.54) is 77.2 Å². The van der Waals surface area contributed by atoms with Crippen molar-refractivity contribution in [3.63, 3.8) is 0 Å². The van der Waals surface area contributed by atoms with Crippen LogP contribution in [0.1, 0.15) is 70.6 Å². The van der Waals surface area contributed by atoms with E-state index in [1.807, 2.05) is 0 Å². The molecule has 0 aromatic carbocycles. The molecule has 1 N–H and O–H groups in total. The zero-order chi connectivity index (χ0) is 12.0. The maximum absolute atomic E-state index is 6.25. The van der Waals surface area contributed by atoms with E-state index in [0.717, 1.165) is 11.9 Å². The second kappa shape index (κ2) is 6.99. The van der Waals surface area contributed by atoms with E-state index < -0.39 is 0 Å². The van der Waals surface area contributed by atoms with Crippen molar-refractivity contribution in [3.8, 4) is 0 Å². The SMILES string of the molecule is ClCC1(CNC2CCCCCC2)CCCCC1. The van der Waals surface area contributed by atoms with Crippen LogP contribution in [-0.4, -0.2) is 18.5 Å². The summed E-state index contributed by atoms with van der Waals surface area (Å²) in [5.74, 6) is 0.854. The van der Waals surface area contributed by atoms with Gasteiger partial charge in [-0.25, -0.2) is 0 Å². The first-order chi connectivity index (χ1) is 8.35. The Morgan fingerprint density at radius 2 is 1.47 bits per heavy atom. The van der Waals surface area contributed by atoms with Gasteiger partial charge < -0.3 is 5.32 Å². The Bertz CT molecular complexity index is 203. The summed E-state index contributed by atoms with van der Waals surface area (Å²) in [6.45, 7) is 1.17. The van der Waals surface area contributed by atoms with Crippen molar-refractivity contribution in [2.45, 2.75) is 76.7 Å². The second-order valence-corrected chi connectivity index (χ2v) is 6.53. The lowest BCUT2D eigenvalue weighted by atomic mass is 9.75. The van der Waals surface area contributed by atoms with Crippen LogP contribution >= 0.6 is 11.6 Å². The van der Waals surface area contributed by atoms with E-state index in [1.54, 1.807) is 0 Å². The summed E-state index contributed by atoms with van der Waals surface area (Å²) >= 11 is 6.25. The third-order valence-corrected chi connectivity index (χ3v) is 5.39. The van der Waals surface area contributed by atoms with E-state index in [4.69, 9.17) is 11.6 Å². The van der Waals surface area contributed by atoms with Crippen molar-refractivity contribution in [1.29, 1.82) is 0 Å². The normalized spacial score (nSPS) is 26.6. The first-order valence-electron chi connectivity index (χ1n) is 7.64. The zero-order valence-electron chi connectivity index (χ0n) is 11.1. The van der Waals surface area contributed by atoms with Crippen LogP contribution < -0.4 is 5.32 Å². The minimum atomic E-state index is 0.423. The summed E-state index contributed by atoms with van der Waals surface area (Å²) in [5, 5.41) is 3.84. The lowest BCUT2D eigenvalue weighted by Crippen LogP contribution is -2.42. The fraction of sp³-hybridized carbons (Fsp3) is 1.00. The molecule has 0 radical (unpaired) electrons. The number of hydrogen-bond donors (Lipinski definition) is 1. The van der Waals surface area contributed by atoms with Crippen LogP contribution in [0, 0.1) is 5.41 Å². The summed E-state index contributed by atoms with van der Waals surface area (Å²) in [7, 11) is 0. The summed E-state index contributed by atoms with van der Waals surface area (Å²) < 4.78 is 0. The quantitative estimate of drug-likeness (QED) is 0.578. The van der Waals surface area contributed by atoms with Gasteiger partial charge in [-0.15, -0.1) is 11.6 Å². The monoisotopic (exact) mass is 257 g/mol. The molecular weight excluding hydrogens is 230 g/mol. The highest BCUT2D eigenvalue weighted by Crippen LogP contribution is 2.37. The molecule has 17 heavy (non-hydrogen) atoms. The first-order valence-corrected chi connectivity index (χ1v) is 8.17. The smallest absolute Gasteiger partial charge is 0.0292 e. The van der Waals surface area contributed by atoms with Crippen molar-refractivity contribution in [2.75, 3.05) is 12.4 Å². The second-order valence-electron chi connectivity index (χ2n) is 6.26. The van der Waals surface area contributed by atoms with Crippen LogP contribution in [0.4, 0.5) is 0 Å². The number of rotatable bonds is 4. The van der Waals surface area contributed by atoms with E-state index >= 15 is 0 Å². The highest BCUT2D eigenvalue weighted by Gasteiger charge is 2.31. The van der Waals surface area contributed by atoms with E-state index in [-0.39, 0.29) is 0 Å². The van der Waals surface area contributed by atoms with Crippen molar-refractivity contribution in [2.24, 2.45) is 5.41 Å². The largest absolute Gasteiger partial charge is 0.313 e. The molecule has 0 atom stereocenters. The molecule has 2 heteroatoms. The molecular formula is C15H28ClN. The molecule has 1 nitrogen and oxygen atoms in total. The Labute approximate surface area is 112 Å². The van der Waals surface area contributed by atoms with Gasteiger partial charge in [0.25, 0.3) is 0 Å². The lowest BCUT2D eigenvalue weighted by molar-refractivity contribution is 0.201. The predicted molar refractivity (Wildman–Crippen MR) is 75.7 cm³/mol. The third-order valence-electron chi connectivity index (χ3n) is 4.82. The Hall–Kier alpha value is 0.250. The molecule has 0 saturated heterocycles. The Morgan fingerprint density at radius 3 is 2.06 bits per heavy atom. The fourth-order valence-electron chi connectivity index (χ4n) is 3.50. The van der Waals surface area contributed by atoms with Gasteiger partial charge in [0.15, 0.2) is 0 Å². The predicted octanol–water partition coefficient (Wildman–Crippen LogP) is 4.49. The highest BCUT2D eigenvalue weighted by molar-refractivity contribution is 6.18. The van der Waals surface area contributed by atoms with E-state index in [9.17, 15) is 0 Å². The molecule has 0 aromatic heterocycles. The first kappa shape index (κ1) is 13.7. The molecule has 0 unspecified atom stereocenters. The molecule has 0 heterocycles. The van der Waals surface area contributed by atoms with Crippen LogP contribution in [0.5, 0.6) is 0 Å². The molecule has 2 rings (SSSR count). The van der Waals surface area contributed by atoms with Gasteiger partial charge in [-0.3, -0.25) is 0 Å². The van der Waals surface area contributed by atoms with Gasteiger partial charge >= 0.3 is 0 Å². The molecule has 2 saturated carbocycles. The number of alkyl halides is 1. The minimum Gasteiger partial charge on any atom is -0.313 e. The molecule has 0 aromatic rings. The summed E-state index contributed by atoms with van der Waals surface area (Å²) in [4.78, 5) is 0. The van der Waals surface area contributed by atoms with Crippen molar-refractivity contribution < 1.29 is 0 Å². The van der Waals surface area contributed by atoms with Gasteiger partial charge in [-0.05, 0) is 31.1 Å². The summed E-state index contributed by atoms with van der Waals surface area (Å²) in [6, 6.07) is 0.777. The lowest BCUT2D eigenvalue weighted by Gasteiger charge is -2.37. The molecule has 0 spiro atoms.